The molecule has 0 aliphatic rings. The maximum atomic E-state index is 13.0. The van der Waals surface area contributed by atoms with Gasteiger partial charge in [0.1, 0.15) is 0 Å². The van der Waals surface area contributed by atoms with Gasteiger partial charge in [-0.05, 0) is 18.2 Å². The second-order valence-electron chi connectivity index (χ2n) is 4.10. The topological polar surface area (TPSA) is 50.2 Å². The van der Waals surface area contributed by atoms with E-state index in [9.17, 15) is 18.0 Å². The predicted octanol–water partition coefficient (Wildman–Crippen LogP) is 5.43. The van der Waals surface area contributed by atoms with Crippen molar-refractivity contribution in [2.45, 2.75) is 6.18 Å². The molecule has 0 bridgehead atoms. The number of halogens is 6. The number of aromatic carboxylic acids is 1. The molecule has 0 atom stereocenters. The minimum Gasteiger partial charge on any atom is -0.478 e. The zero-order valence-corrected chi connectivity index (χ0v) is 12.6. The van der Waals surface area contributed by atoms with Crippen molar-refractivity contribution < 1.29 is 23.1 Å². The number of hydrogen-bond donors (Lipinski definition) is 1. The van der Waals surface area contributed by atoms with Crippen LogP contribution in [0.4, 0.5) is 13.2 Å². The van der Waals surface area contributed by atoms with Crippen LogP contribution in [0.2, 0.25) is 15.1 Å². The molecule has 0 saturated carbocycles. The second kappa shape index (κ2) is 5.95. The van der Waals surface area contributed by atoms with Crippen molar-refractivity contribution in [2.75, 3.05) is 0 Å². The Balaban J connectivity index is 2.89. The molecular weight excluding hydrogens is 366 g/mol. The molecule has 0 aliphatic carbocycles. The molecule has 3 nitrogen and oxygen atoms in total. The fourth-order valence-electron chi connectivity index (χ4n) is 1.85. The highest BCUT2D eigenvalue weighted by molar-refractivity contribution is 6.46. The molecule has 116 valence electrons. The summed E-state index contributed by atoms with van der Waals surface area (Å²) in [5, 5.41) is 8.93. The number of carboxylic acid groups (broad SMARTS) is 1. The first kappa shape index (κ1) is 16.9. The van der Waals surface area contributed by atoms with Gasteiger partial charge in [-0.15, -0.1) is 0 Å². The van der Waals surface area contributed by atoms with Crippen LogP contribution in [0.3, 0.4) is 0 Å². The Kier molecular flexibility index (Phi) is 4.56. The quantitative estimate of drug-likeness (QED) is 0.718. The third-order valence-corrected chi connectivity index (χ3v) is 3.87. The van der Waals surface area contributed by atoms with E-state index in [1.165, 1.54) is 12.1 Å². The minimum atomic E-state index is -4.87. The summed E-state index contributed by atoms with van der Waals surface area (Å²) in [6.45, 7) is 0. The monoisotopic (exact) mass is 369 g/mol. The van der Waals surface area contributed by atoms with Gasteiger partial charge in [0.25, 0.3) is 0 Å². The number of carboxylic acids is 1. The summed E-state index contributed by atoms with van der Waals surface area (Å²) in [6, 6.07) is 3.20. The second-order valence-corrected chi connectivity index (χ2v) is 5.30. The van der Waals surface area contributed by atoms with Crippen LogP contribution in [0.15, 0.2) is 24.4 Å². The summed E-state index contributed by atoms with van der Waals surface area (Å²) in [5.74, 6) is -1.80. The summed E-state index contributed by atoms with van der Waals surface area (Å²) in [5.41, 5.74) is -3.06. The Morgan fingerprint density at radius 3 is 2.23 bits per heavy atom. The molecule has 2 rings (SSSR count). The third-order valence-electron chi connectivity index (χ3n) is 2.75. The van der Waals surface area contributed by atoms with Crippen LogP contribution in [-0.2, 0) is 6.18 Å². The Labute approximate surface area is 137 Å². The molecule has 0 amide bonds. The lowest BCUT2D eigenvalue weighted by molar-refractivity contribution is -0.138. The Hall–Kier alpha value is -1.50. The molecule has 2 aromatic rings. The molecule has 0 radical (unpaired) electrons. The first-order valence-electron chi connectivity index (χ1n) is 5.58. The van der Waals surface area contributed by atoms with Gasteiger partial charge in [0.15, 0.2) is 0 Å². The van der Waals surface area contributed by atoms with Crippen LogP contribution in [0, 0.1) is 0 Å². The Bertz CT molecular complexity index is 763. The lowest BCUT2D eigenvalue weighted by Gasteiger charge is -2.15. The van der Waals surface area contributed by atoms with Crippen molar-refractivity contribution in [3.63, 3.8) is 0 Å². The van der Waals surface area contributed by atoms with E-state index in [0.29, 0.717) is 6.07 Å². The van der Waals surface area contributed by atoms with E-state index < -0.39 is 29.0 Å². The first-order chi connectivity index (χ1) is 10.1. The summed E-state index contributed by atoms with van der Waals surface area (Å²) in [4.78, 5) is 15.0. The van der Waals surface area contributed by atoms with Crippen LogP contribution in [-0.4, -0.2) is 16.1 Å². The fraction of sp³-hybridized carbons (Fsp3) is 0.0769. The van der Waals surface area contributed by atoms with Gasteiger partial charge in [0.05, 0.1) is 31.9 Å². The molecule has 0 unspecified atom stereocenters. The lowest BCUT2D eigenvalue weighted by atomic mass is 10.0. The van der Waals surface area contributed by atoms with E-state index in [2.05, 4.69) is 4.98 Å². The third kappa shape index (κ3) is 2.99. The number of hydrogen-bond acceptors (Lipinski definition) is 2. The fourth-order valence-corrected chi connectivity index (χ4v) is 2.56. The number of rotatable bonds is 2. The molecule has 0 spiro atoms. The number of carbonyl (C=O) groups is 1. The molecule has 0 aliphatic heterocycles. The molecule has 9 heteroatoms. The zero-order valence-electron chi connectivity index (χ0n) is 10.4. The highest BCUT2D eigenvalue weighted by Crippen LogP contribution is 2.42. The van der Waals surface area contributed by atoms with Crippen LogP contribution in [0.25, 0.3) is 11.3 Å². The van der Waals surface area contributed by atoms with Gasteiger partial charge in [-0.3, -0.25) is 4.98 Å². The van der Waals surface area contributed by atoms with Crippen molar-refractivity contribution in [1.29, 1.82) is 0 Å². The summed E-state index contributed by atoms with van der Waals surface area (Å²) in [6.07, 6.45) is -4.04. The van der Waals surface area contributed by atoms with E-state index in [0.717, 1.165) is 6.20 Å². The normalized spacial score (nSPS) is 11.5. The molecule has 22 heavy (non-hydrogen) atoms. The molecule has 1 aromatic heterocycles. The van der Waals surface area contributed by atoms with E-state index >= 15 is 0 Å². The van der Waals surface area contributed by atoms with Crippen LogP contribution in [0.1, 0.15) is 15.9 Å². The van der Waals surface area contributed by atoms with Crippen molar-refractivity contribution >= 4 is 40.8 Å². The average Bonchev–Trinajstić information content (AvgIpc) is 2.42. The first-order valence-corrected chi connectivity index (χ1v) is 6.71. The van der Waals surface area contributed by atoms with Crippen molar-refractivity contribution in [1.82, 2.24) is 4.98 Å². The summed E-state index contributed by atoms with van der Waals surface area (Å²) >= 11 is 17.7. The molecule has 1 N–H and O–H groups in total. The number of nitrogens with zero attached hydrogens (tertiary/aromatic N) is 1. The minimum absolute atomic E-state index is 0.0108. The van der Waals surface area contributed by atoms with Gasteiger partial charge < -0.3 is 5.11 Å². The predicted molar refractivity (Wildman–Crippen MR) is 76.7 cm³/mol. The van der Waals surface area contributed by atoms with Gasteiger partial charge in [0.2, 0.25) is 0 Å². The summed E-state index contributed by atoms with van der Waals surface area (Å²) < 4.78 is 39.0. The van der Waals surface area contributed by atoms with Crippen molar-refractivity contribution in [3.05, 3.63) is 50.6 Å². The number of alkyl halides is 3. The average molecular weight is 371 g/mol. The smallest absolute Gasteiger partial charge is 0.417 e. The number of aromatic nitrogens is 1. The number of benzene rings is 1. The van der Waals surface area contributed by atoms with Gasteiger partial charge in [0, 0.05) is 11.8 Å². The molecule has 0 fully saturated rings. The van der Waals surface area contributed by atoms with Gasteiger partial charge in [-0.1, -0.05) is 34.8 Å². The largest absolute Gasteiger partial charge is 0.478 e. The highest BCUT2D eigenvalue weighted by Gasteiger charge is 2.38. The molecular formula is C13H5Cl3F3NO2. The number of pyridine rings is 1. The van der Waals surface area contributed by atoms with Crippen molar-refractivity contribution in [2.24, 2.45) is 0 Å². The van der Waals surface area contributed by atoms with E-state index in [4.69, 9.17) is 39.9 Å². The zero-order chi connectivity index (χ0) is 16.7. The maximum absolute atomic E-state index is 13.0. The van der Waals surface area contributed by atoms with E-state index in [1.807, 2.05) is 0 Å². The Morgan fingerprint density at radius 1 is 1.09 bits per heavy atom. The van der Waals surface area contributed by atoms with Gasteiger partial charge in [-0.25, -0.2) is 4.79 Å². The lowest BCUT2D eigenvalue weighted by Crippen LogP contribution is -2.15. The van der Waals surface area contributed by atoms with Crippen LogP contribution in [0.5, 0.6) is 0 Å². The Morgan fingerprint density at radius 2 is 1.68 bits per heavy atom. The van der Waals surface area contributed by atoms with Crippen LogP contribution < -0.4 is 0 Å². The van der Waals surface area contributed by atoms with E-state index in [-0.39, 0.29) is 20.6 Å². The summed E-state index contributed by atoms with van der Waals surface area (Å²) in [7, 11) is 0. The van der Waals surface area contributed by atoms with Gasteiger partial charge in [-0.2, -0.15) is 13.2 Å². The van der Waals surface area contributed by atoms with E-state index in [1.54, 1.807) is 0 Å². The van der Waals surface area contributed by atoms with Crippen molar-refractivity contribution in [3.8, 4) is 11.3 Å². The van der Waals surface area contributed by atoms with Gasteiger partial charge >= 0.3 is 12.1 Å². The standard InChI is InChI=1S/C13H5Cl3F3NO2/c14-6-1-2-7(15)10(16)9(6)11-8(12(21)22)5(3-4-20-11)13(17,18)19/h1-4H,(H,21,22). The molecule has 1 aromatic carbocycles. The highest BCUT2D eigenvalue weighted by atomic mass is 35.5. The molecule has 0 saturated heterocycles. The molecule has 1 heterocycles. The SMILES string of the molecule is O=C(O)c1c(C(F)(F)F)ccnc1-c1c(Cl)ccc(Cl)c1Cl. The maximum Gasteiger partial charge on any atom is 0.417 e. The van der Waals surface area contributed by atoms with Crippen LogP contribution >= 0.6 is 34.8 Å².